The van der Waals surface area contributed by atoms with E-state index in [4.69, 9.17) is 9.26 Å². The summed E-state index contributed by atoms with van der Waals surface area (Å²) < 4.78 is 10.9. The molecule has 2 aromatic carbocycles. The van der Waals surface area contributed by atoms with Crippen LogP contribution in [-0.2, 0) is 6.54 Å². The summed E-state index contributed by atoms with van der Waals surface area (Å²) in [5.74, 6) is 2.36. The van der Waals surface area contributed by atoms with Crippen molar-refractivity contribution in [1.29, 1.82) is 0 Å². The van der Waals surface area contributed by atoms with E-state index in [1.54, 1.807) is 6.07 Å². The fourth-order valence-corrected chi connectivity index (χ4v) is 3.37. The number of benzene rings is 2. The molecule has 7 nitrogen and oxygen atoms in total. The van der Waals surface area contributed by atoms with Gasteiger partial charge in [0.1, 0.15) is 11.5 Å². The number of aromatic nitrogens is 2. The van der Waals surface area contributed by atoms with Gasteiger partial charge in [0.25, 0.3) is 0 Å². The number of piperazine rings is 1. The van der Waals surface area contributed by atoms with Gasteiger partial charge in [-0.1, -0.05) is 17.3 Å². The lowest BCUT2D eigenvalue weighted by Crippen LogP contribution is -2.46. The van der Waals surface area contributed by atoms with Crippen LogP contribution in [0.3, 0.4) is 0 Å². The van der Waals surface area contributed by atoms with Crippen molar-refractivity contribution in [3.05, 3.63) is 54.4 Å². The lowest BCUT2D eigenvalue weighted by Gasteiger charge is -2.35. The second-order valence-corrected chi connectivity index (χ2v) is 6.72. The van der Waals surface area contributed by atoms with Crippen LogP contribution in [-0.4, -0.2) is 52.9 Å². The van der Waals surface area contributed by atoms with Crippen molar-refractivity contribution in [1.82, 2.24) is 15.0 Å². The van der Waals surface area contributed by atoms with E-state index >= 15 is 0 Å². The Kier molecular flexibility index (Phi) is 5.43. The molecule has 1 aromatic heterocycles. The minimum atomic E-state index is 0.327. The molecule has 0 aliphatic carbocycles. The van der Waals surface area contributed by atoms with Crippen LogP contribution in [0, 0.1) is 0 Å². The van der Waals surface area contributed by atoms with Gasteiger partial charge in [0.05, 0.1) is 18.8 Å². The molecule has 0 bridgehead atoms. The van der Waals surface area contributed by atoms with Crippen LogP contribution in [0.15, 0.2) is 53.1 Å². The van der Waals surface area contributed by atoms with Gasteiger partial charge in [-0.15, -0.1) is 0 Å². The molecule has 0 atom stereocenters. The quantitative estimate of drug-likeness (QED) is 0.704. The third-order valence-corrected chi connectivity index (χ3v) is 4.85. The molecule has 0 radical (unpaired) electrons. The summed E-state index contributed by atoms with van der Waals surface area (Å²) in [5.41, 5.74) is 1.79. The highest BCUT2D eigenvalue weighted by molar-refractivity contribution is 5.58. The highest BCUT2D eigenvalue weighted by Crippen LogP contribution is 2.27. The maximum Gasteiger partial charge on any atom is 0.241 e. The molecule has 4 rings (SSSR count). The number of rotatable bonds is 6. The maximum atomic E-state index is 10.0. The number of hydrogen-bond acceptors (Lipinski definition) is 7. The summed E-state index contributed by atoms with van der Waals surface area (Å²) in [6.45, 7) is 6.66. The standard InChI is InChI=1S/C21H24N4O3/c1-2-27-17-9-7-16(8-10-17)21-22-20(28-23-21)15-24-11-13-25(14-12-24)18-5-3-4-6-19(18)26/h3-10,26H,2,11-15H2,1H3. The lowest BCUT2D eigenvalue weighted by atomic mass is 10.2. The molecular weight excluding hydrogens is 356 g/mol. The highest BCUT2D eigenvalue weighted by Gasteiger charge is 2.21. The third-order valence-electron chi connectivity index (χ3n) is 4.85. The Hall–Kier alpha value is -3.06. The van der Waals surface area contributed by atoms with Gasteiger partial charge in [-0.05, 0) is 43.3 Å². The monoisotopic (exact) mass is 380 g/mol. The third kappa shape index (κ3) is 4.09. The van der Waals surface area contributed by atoms with Crippen molar-refractivity contribution in [2.45, 2.75) is 13.5 Å². The van der Waals surface area contributed by atoms with Crippen LogP contribution in [0.4, 0.5) is 5.69 Å². The van der Waals surface area contributed by atoms with E-state index in [1.165, 1.54) is 0 Å². The molecular formula is C21H24N4O3. The number of phenolic OH excluding ortho intramolecular Hbond substituents is 1. The fraction of sp³-hybridized carbons (Fsp3) is 0.333. The summed E-state index contributed by atoms with van der Waals surface area (Å²) in [6.07, 6.45) is 0. The Morgan fingerprint density at radius 2 is 1.79 bits per heavy atom. The van der Waals surface area contributed by atoms with Crippen LogP contribution in [0.1, 0.15) is 12.8 Å². The van der Waals surface area contributed by atoms with Crippen LogP contribution in [0.2, 0.25) is 0 Å². The minimum Gasteiger partial charge on any atom is -0.506 e. The van der Waals surface area contributed by atoms with Crippen LogP contribution >= 0.6 is 0 Å². The van der Waals surface area contributed by atoms with Gasteiger partial charge >= 0.3 is 0 Å². The number of aromatic hydroxyl groups is 1. The molecule has 28 heavy (non-hydrogen) atoms. The first-order valence-electron chi connectivity index (χ1n) is 9.54. The van der Waals surface area contributed by atoms with Crippen molar-refractivity contribution in [3.63, 3.8) is 0 Å². The van der Waals surface area contributed by atoms with E-state index in [0.29, 0.717) is 30.6 Å². The Morgan fingerprint density at radius 3 is 2.50 bits per heavy atom. The minimum absolute atomic E-state index is 0.327. The molecule has 1 saturated heterocycles. The fourth-order valence-electron chi connectivity index (χ4n) is 3.37. The predicted molar refractivity (Wildman–Crippen MR) is 106 cm³/mol. The summed E-state index contributed by atoms with van der Waals surface area (Å²) in [4.78, 5) is 9.01. The van der Waals surface area contributed by atoms with Crippen LogP contribution < -0.4 is 9.64 Å². The van der Waals surface area contributed by atoms with Crippen molar-refractivity contribution in [2.75, 3.05) is 37.7 Å². The molecule has 3 aromatic rings. The average molecular weight is 380 g/mol. The Balaban J connectivity index is 1.34. The van der Waals surface area contributed by atoms with Gasteiger partial charge in [0, 0.05) is 31.7 Å². The van der Waals surface area contributed by atoms with E-state index in [2.05, 4.69) is 19.9 Å². The van der Waals surface area contributed by atoms with E-state index < -0.39 is 0 Å². The largest absolute Gasteiger partial charge is 0.506 e. The molecule has 7 heteroatoms. The molecule has 1 aliphatic rings. The van der Waals surface area contributed by atoms with Crippen molar-refractivity contribution in [2.24, 2.45) is 0 Å². The maximum absolute atomic E-state index is 10.0. The van der Waals surface area contributed by atoms with Crippen molar-refractivity contribution < 1.29 is 14.4 Å². The first-order valence-corrected chi connectivity index (χ1v) is 9.54. The predicted octanol–water partition coefficient (Wildman–Crippen LogP) is 3.16. The summed E-state index contributed by atoms with van der Waals surface area (Å²) in [7, 11) is 0. The zero-order valence-electron chi connectivity index (χ0n) is 15.9. The molecule has 0 saturated carbocycles. The zero-order chi connectivity index (χ0) is 19.3. The van der Waals surface area contributed by atoms with Crippen molar-refractivity contribution in [3.8, 4) is 22.9 Å². The first kappa shape index (κ1) is 18.3. The van der Waals surface area contributed by atoms with Gasteiger partial charge in [-0.3, -0.25) is 4.90 Å². The van der Waals surface area contributed by atoms with Gasteiger partial charge in [0.15, 0.2) is 0 Å². The molecule has 0 unspecified atom stereocenters. The first-order chi connectivity index (χ1) is 13.7. The highest BCUT2D eigenvalue weighted by atomic mass is 16.5. The molecule has 1 aliphatic heterocycles. The summed E-state index contributed by atoms with van der Waals surface area (Å²) >= 11 is 0. The summed E-state index contributed by atoms with van der Waals surface area (Å²) in [5, 5.41) is 14.1. The smallest absolute Gasteiger partial charge is 0.241 e. The Bertz CT molecular complexity index is 902. The number of phenols is 1. The second kappa shape index (κ2) is 8.31. The molecule has 2 heterocycles. The van der Waals surface area contributed by atoms with E-state index in [9.17, 15) is 5.11 Å². The van der Waals surface area contributed by atoms with Gasteiger partial charge in [-0.25, -0.2) is 0 Å². The average Bonchev–Trinajstić information content (AvgIpc) is 3.18. The van der Waals surface area contributed by atoms with Crippen LogP contribution in [0.25, 0.3) is 11.4 Å². The molecule has 0 amide bonds. The van der Waals surface area contributed by atoms with Gasteiger partial charge < -0.3 is 19.3 Å². The molecule has 0 spiro atoms. The number of para-hydroxylation sites is 2. The van der Waals surface area contributed by atoms with Crippen molar-refractivity contribution >= 4 is 5.69 Å². The molecule has 146 valence electrons. The number of ether oxygens (including phenoxy) is 1. The Morgan fingerprint density at radius 1 is 1.04 bits per heavy atom. The number of nitrogens with zero attached hydrogens (tertiary/aromatic N) is 4. The Labute approximate surface area is 164 Å². The lowest BCUT2D eigenvalue weighted by molar-refractivity contribution is 0.215. The molecule has 1 N–H and O–H groups in total. The van der Waals surface area contributed by atoms with Gasteiger partial charge in [0.2, 0.25) is 11.7 Å². The van der Waals surface area contributed by atoms with E-state index in [1.807, 2.05) is 49.4 Å². The number of anilines is 1. The van der Waals surface area contributed by atoms with Crippen LogP contribution in [0.5, 0.6) is 11.5 Å². The van der Waals surface area contributed by atoms with E-state index in [-0.39, 0.29) is 0 Å². The zero-order valence-corrected chi connectivity index (χ0v) is 15.9. The molecule has 1 fully saturated rings. The normalized spacial score (nSPS) is 15.0. The number of hydrogen-bond donors (Lipinski definition) is 1. The van der Waals surface area contributed by atoms with E-state index in [0.717, 1.165) is 43.2 Å². The second-order valence-electron chi connectivity index (χ2n) is 6.72. The topological polar surface area (TPSA) is 74.9 Å². The SMILES string of the molecule is CCOc1ccc(-c2noc(CN3CCN(c4ccccc4O)CC3)n2)cc1. The summed E-state index contributed by atoms with van der Waals surface area (Å²) in [6, 6.07) is 15.2. The van der Waals surface area contributed by atoms with Gasteiger partial charge in [-0.2, -0.15) is 4.98 Å².